The molecule has 0 spiro atoms. The normalized spacial score (nSPS) is 11.5. The highest BCUT2D eigenvalue weighted by Gasteiger charge is 2.12. The summed E-state index contributed by atoms with van der Waals surface area (Å²) in [6, 6.07) is 11.2. The Bertz CT molecular complexity index is 974. The Labute approximate surface area is 155 Å². The van der Waals surface area contributed by atoms with E-state index in [0.29, 0.717) is 17.2 Å². The molecule has 0 bridgehead atoms. The van der Waals surface area contributed by atoms with Crippen molar-refractivity contribution in [1.82, 2.24) is 15.0 Å². The van der Waals surface area contributed by atoms with E-state index in [1.54, 1.807) is 37.5 Å². The monoisotopic (exact) mass is 364 g/mol. The van der Waals surface area contributed by atoms with Crippen LogP contribution in [0.5, 0.6) is 0 Å². The molecule has 8 heteroatoms. The van der Waals surface area contributed by atoms with Crippen LogP contribution in [-0.4, -0.2) is 32.7 Å². The van der Waals surface area contributed by atoms with Gasteiger partial charge in [0.1, 0.15) is 23.3 Å². The number of halogens is 1. The molecule has 0 saturated heterocycles. The zero-order valence-corrected chi connectivity index (χ0v) is 14.5. The Morgan fingerprint density at radius 3 is 2.81 bits per heavy atom. The van der Waals surface area contributed by atoms with Gasteiger partial charge in [-0.25, -0.2) is 9.37 Å². The van der Waals surface area contributed by atoms with Gasteiger partial charge >= 0.3 is 0 Å². The summed E-state index contributed by atoms with van der Waals surface area (Å²) in [5, 5.41) is 24.4. The lowest BCUT2D eigenvalue weighted by atomic mass is 10.1. The fourth-order valence-corrected chi connectivity index (χ4v) is 2.38. The van der Waals surface area contributed by atoms with E-state index in [9.17, 15) is 14.8 Å². The Morgan fingerprint density at radius 1 is 1.26 bits per heavy atom. The number of aromatic nitrogens is 3. The number of aliphatic hydroxyl groups is 1. The molecule has 0 fully saturated rings. The van der Waals surface area contributed by atoms with Crippen molar-refractivity contribution in [2.75, 3.05) is 17.2 Å². The number of nitrogens with zero attached hydrogens (tertiary/aromatic N) is 4. The summed E-state index contributed by atoms with van der Waals surface area (Å²) < 4.78 is 13.9. The molecule has 0 saturated carbocycles. The van der Waals surface area contributed by atoms with Crippen LogP contribution in [0.1, 0.15) is 12.5 Å². The van der Waals surface area contributed by atoms with Crippen LogP contribution in [0, 0.1) is 17.1 Å². The molecular weight excluding hydrogens is 347 g/mol. The van der Waals surface area contributed by atoms with Gasteiger partial charge in [-0.05, 0) is 31.2 Å². The average molecular weight is 364 g/mol. The van der Waals surface area contributed by atoms with Crippen molar-refractivity contribution in [2.45, 2.75) is 13.0 Å². The van der Waals surface area contributed by atoms with E-state index in [2.05, 4.69) is 25.6 Å². The third kappa shape index (κ3) is 4.34. The second-order valence-electron chi connectivity index (χ2n) is 5.83. The molecule has 2 heterocycles. The molecule has 0 aliphatic heterocycles. The highest BCUT2D eigenvalue weighted by molar-refractivity contribution is 5.69. The van der Waals surface area contributed by atoms with Crippen molar-refractivity contribution in [3.63, 3.8) is 0 Å². The number of aliphatic hydroxyl groups excluding tert-OH is 1. The zero-order valence-electron chi connectivity index (χ0n) is 14.5. The number of hydrogen-bond acceptors (Lipinski definition) is 7. The molecule has 3 rings (SSSR count). The molecule has 3 N–H and O–H groups in total. The topological polar surface area (TPSA) is 107 Å². The molecule has 1 aromatic carbocycles. The van der Waals surface area contributed by atoms with Crippen LogP contribution in [0.25, 0.3) is 11.3 Å². The average Bonchev–Trinajstić information content (AvgIpc) is 2.68. The van der Waals surface area contributed by atoms with E-state index in [1.165, 1.54) is 12.1 Å². The first-order chi connectivity index (χ1) is 13.1. The number of anilines is 3. The van der Waals surface area contributed by atoms with E-state index >= 15 is 0 Å². The predicted molar refractivity (Wildman–Crippen MR) is 99.8 cm³/mol. The molecule has 27 heavy (non-hydrogen) atoms. The van der Waals surface area contributed by atoms with Crippen molar-refractivity contribution in [3.05, 3.63) is 60.2 Å². The first-order valence-electron chi connectivity index (χ1n) is 8.23. The molecule has 3 aromatic rings. The van der Waals surface area contributed by atoms with Crippen molar-refractivity contribution in [3.8, 4) is 17.3 Å². The molecule has 1 atom stereocenters. The maximum atomic E-state index is 13.9. The van der Waals surface area contributed by atoms with Gasteiger partial charge in [0.15, 0.2) is 0 Å². The number of benzene rings is 1. The summed E-state index contributed by atoms with van der Waals surface area (Å²) >= 11 is 0. The van der Waals surface area contributed by atoms with E-state index in [4.69, 9.17) is 0 Å². The minimum atomic E-state index is -0.615. The minimum Gasteiger partial charge on any atom is -0.394 e. The Kier molecular flexibility index (Phi) is 5.54. The number of rotatable bonds is 6. The van der Waals surface area contributed by atoms with Gasteiger partial charge < -0.3 is 15.7 Å². The van der Waals surface area contributed by atoms with Crippen LogP contribution in [0.3, 0.4) is 0 Å². The Hall–Kier alpha value is -3.57. The van der Waals surface area contributed by atoms with Crippen molar-refractivity contribution in [1.29, 1.82) is 5.26 Å². The summed E-state index contributed by atoms with van der Waals surface area (Å²) in [4.78, 5) is 12.9. The first-order valence-corrected chi connectivity index (χ1v) is 8.23. The van der Waals surface area contributed by atoms with Crippen molar-refractivity contribution >= 4 is 17.5 Å². The second-order valence-corrected chi connectivity index (χ2v) is 5.83. The van der Waals surface area contributed by atoms with Gasteiger partial charge in [-0.3, -0.25) is 4.98 Å². The largest absolute Gasteiger partial charge is 0.394 e. The standard InChI is InChI=1S/C19H17FN6O/c1-12(11-27)23-19-25-17(13-4-3-7-22-10-13)8-18(26-19)24-16-6-2-5-15(20)14(16)9-21/h2-8,10,12,27H,11H2,1H3,(H2,23,24,25,26)/t12-/m0/s1. The smallest absolute Gasteiger partial charge is 0.225 e. The first kappa shape index (κ1) is 18.2. The molecule has 0 radical (unpaired) electrons. The third-order valence-corrected chi connectivity index (χ3v) is 3.72. The van der Waals surface area contributed by atoms with Crippen LogP contribution in [-0.2, 0) is 0 Å². The van der Waals surface area contributed by atoms with E-state index < -0.39 is 5.82 Å². The van der Waals surface area contributed by atoms with Crippen LogP contribution in [0.15, 0.2) is 48.8 Å². The lowest BCUT2D eigenvalue weighted by molar-refractivity contribution is 0.281. The van der Waals surface area contributed by atoms with Gasteiger partial charge in [0.2, 0.25) is 5.95 Å². The summed E-state index contributed by atoms with van der Waals surface area (Å²) in [5.74, 6) is 0.0465. The number of nitriles is 1. The zero-order chi connectivity index (χ0) is 19.2. The summed E-state index contributed by atoms with van der Waals surface area (Å²) in [6.07, 6.45) is 3.32. The van der Waals surface area contributed by atoms with Gasteiger partial charge in [-0.1, -0.05) is 6.07 Å². The number of pyridine rings is 1. The van der Waals surface area contributed by atoms with Crippen molar-refractivity contribution < 1.29 is 9.50 Å². The maximum absolute atomic E-state index is 13.9. The van der Waals surface area contributed by atoms with E-state index in [-0.39, 0.29) is 24.2 Å². The molecule has 0 amide bonds. The van der Waals surface area contributed by atoms with E-state index in [1.807, 2.05) is 12.1 Å². The number of hydrogen-bond donors (Lipinski definition) is 3. The third-order valence-electron chi connectivity index (χ3n) is 3.72. The maximum Gasteiger partial charge on any atom is 0.225 e. The second kappa shape index (κ2) is 8.21. The van der Waals surface area contributed by atoms with E-state index in [0.717, 1.165) is 5.56 Å². The van der Waals surface area contributed by atoms with Gasteiger partial charge in [-0.2, -0.15) is 10.2 Å². The molecule has 0 aliphatic carbocycles. The van der Waals surface area contributed by atoms with Gasteiger partial charge in [-0.15, -0.1) is 0 Å². The summed E-state index contributed by atoms with van der Waals surface area (Å²) in [5.41, 5.74) is 1.55. The SMILES string of the molecule is C[C@@H](CO)Nc1nc(Nc2cccc(F)c2C#N)cc(-c2cccnc2)n1. The fraction of sp³-hybridized carbons (Fsp3) is 0.158. The quantitative estimate of drug-likeness (QED) is 0.617. The molecule has 0 aliphatic rings. The summed E-state index contributed by atoms with van der Waals surface area (Å²) in [6.45, 7) is 1.69. The highest BCUT2D eigenvalue weighted by atomic mass is 19.1. The highest BCUT2D eigenvalue weighted by Crippen LogP contribution is 2.26. The Balaban J connectivity index is 2.03. The lowest BCUT2D eigenvalue weighted by Gasteiger charge is -2.14. The summed E-state index contributed by atoms with van der Waals surface area (Å²) in [7, 11) is 0. The fourth-order valence-electron chi connectivity index (χ4n) is 2.38. The molecule has 7 nitrogen and oxygen atoms in total. The van der Waals surface area contributed by atoms with Gasteiger partial charge in [0.25, 0.3) is 0 Å². The van der Waals surface area contributed by atoms with Gasteiger partial charge in [0.05, 0.1) is 18.0 Å². The molecular formula is C19H17FN6O. The van der Waals surface area contributed by atoms with Gasteiger partial charge in [0, 0.05) is 30.1 Å². The van der Waals surface area contributed by atoms with Crippen LogP contribution < -0.4 is 10.6 Å². The molecule has 136 valence electrons. The minimum absolute atomic E-state index is 0.0915. The van der Waals surface area contributed by atoms with Crippen molar-refractivity contribution in [2.24, 2.45) is 0 Å². The predicted octanol–water partition coefficient (Wildman–Crippen LogP) is 3.09. The Morgan fingerprint density at radius 2 is 2.11 bits per heavy atom. The van der Waals surface area contributed by atoms with Crippen LogP contribution in [0.2, 0.25) is 0 Å². The number of nitrogens with one attached hydrogen (secondary N) is 2. The molecule has 2 aromatic heterocycles. The van der Waals surface area contributed by atoms with Crippen LogP contribution >= 0.6 is 0 Å². The molecule has 0 unspecified atom stereocenters. The lowest BCUT2D eigenvalue weighted by Crippen LogP contribution is -2.21. The van der Waals surface area contributed by atoms with Crippen LogP contribution in [0.4, 0.5) is 21.8 Å².